The normalized spacial score (nSPS) is 12.5. The second-order valence-corrected chi connectivity index (χ2v) is 9.36. The van der Waals surface area contributed by atoms with Gasteiger partial charge in [-0.15, -0.1) is 0 Å². The van der Waals surface area contributed by atoms with E-state index in [9.17, 15) is 5.11 Å². The second-order valence-electron chi connectivity index (χ2n) is 9.36. The van der Waals surface area contributed by atoms with E-state index in [2.05, 4.69) is 21.9 Å². The molecular weight excluding hydrogens is 414 g/mol. The van der Waals surface area contributed by atoms with Gasteiger partial charge >= 0.3 is 0 Å². The SMILES string of the molecule is CCCCCCCCCCCCCCCCCCOCC(O)Cn1cnc2c(N)ncnc21. The summed E-state index contributed by atoms with van der Waals surface area (Å²) in [6, 6.07) is 0. The van der Waals surface area contributed by atoms with Gasteiger partial charge in [0.15, 0.2) is 11.5 Å². The average molecular weight is 462 g/mol. The average Bonchev–Trinajstić information content (AvgIpc) is 3.22. The van der Waals surface area contributed by atoms with Crippen molar-refractivity contribution in [1.82, 2.24) is 19.5 Å². The molecule has 0 aromatic carbocycles. The molecule has 0 saturated heterocycles. The summed E-state index contributed by atoms with van der Waals surface area (Å²) in [6.45, 7) is 3.68. The summed E-state index contributed by atoms with van der Waals surface area (Å²) >= 11 is 0. The van der Waals surface area contributed by atoms with Gasteiger partial charge in [-0.25, -0.2) is 15.0 Å². The lowest BCUT2D eigenvalue weighted by Crippen LogP contribution is -2.22. The molecule has 2 aromatic rings. The van der Waals surface area contributed by atoms with Crippen LogP contribution in [0.2, 0.25) is 0 Å². The van der Waals surface area contributed by atoms with E-state index in [-0.39, 0.29) is 0 Å². The molecule has 188 valence electrons. The molecule has 2 aromatic heterocycles. The zero-order valence-electron chi connectivity index (χ0n) is 20.9. The van der Waals surface area contributed by atoms with Crippen molar-refractivity contribution in [2.45, 2.75) is 122 Å². The molecule has 3 N–H and O–H groups in total. The van der Waals surface area contributed by atoms with Crippen LogP contribution in [0.1, 0.15) is 110 Å². The summed E-state index contributed by atoms with van der Waals surface area (Å²) in [6.07, 6.45) is 24.3. The number of aliphatic hydroxyl groups is 1. The third-order valence-corrected chi connectivity index (χ3v) is 6.29. The van der Waals surface area contributed by atoms with Crippen LogP contribution in [0.15, 0.2) is 12.7 Å². The fourth-order valence-corrected chi connectivity index (χ4v) is 4.28. The van der Waals surface area contributed by atoms with Crippen molar-refractivity contribution >= 4 is 17.0 Å². The number of hydrogen-bond donors (Lipinski definition) is 2. The summed E-state index contributed by atoms with van der Waals surface area (Å²) in [5.41, 5.74) is 7.00. The Kier molecular flexibility index (Phi) is 14.8. The third kappa shape index (κ3) is 11.8. The van der Waals surface area contributed by atoms with Crippen LogP contribution in [0.25, 0.3) is 11.2 Å². The minimum atomic E-state index is -0.598. The quantitative estimate of drug-likeness (QED) is 0.220. The lowest BCUT2D eigenvalue weighted by atomic mass is 10.0. The van der Waals surface area contributed by atoms with Crippen LogP contribution in [-0.2, 0) is 11.3 Å². The number of nitrogens with zero attached hydrogens (tertiary/aromatic N) is 4. The Bertz CT molecular complexity index is 737. The Labute approximate surface area is 200 Å². The van der Waals surface area contributed by atoms with Crippen molar-refractivity contribution in [3.05, 3.63) is 12.7 Å². The van der Waals surface area contributed by atoms with Gasteiger partial charge in [0.05, 0.1) is 25.6 Å². The zero-order valence-corrected chi connectivity index (χ0v) is 20.9. The molecule has 0 bridgehead atoms. The van der Waals surface area contributed by atoms with Crippen LogP contribution in [0.4, 0.5) is 5.82 Å². The molecule has 0 amide bonds. The van der Waals surface area contributed by atoms with Crippen LogP contribution in [0.3, 0.4) is 0 Å². The van der Waals surface area contributed by atoms with Gasteiger partial charge < -0.3 is 20.1 Å². The minimum Gasteiger partial charge on any atom is -0.389 e. The van der Waals surface area contributed by atoms with Gasteiger partial charge in [-0.1, -0.05) is 103 Å². The third-order valence-electron chi connectivity index (χ3n) is 6.29. The first-order valence-corrected chi connectivity index (χ1v) is 13.4. The van der Waals surface area contributed by atoms with Gasteiger partial charge in [0, 0.05) is 6.61 Å². The van der Waals surface area contributed by atoms with Crippen molar-refractivity contribution in [3.8, 4) is 0 Å². The Balaban J connectivity index is 1.34. The monoisotopic (exact) mass is 461 g/mol. The number of hydrogen-bond acceptors (Lipinski definition) is 6. The Hall–Kier alpha value is -1.73. The molecule has 0 fully saturated rings. The number of aliphatic hydroxyl groups excluding tert-OH is 1. The van der Waals surface area contributed by atoms with Crippen molar-refractivity contribution in [3.63, 3.8) is 0 Å². The summed E-state index contributed by atoms with van der Waals surface area (Å²) in [5.74, 6) is 0.355. The van der Waals surface area contributed by atoms with Gasteiger partial charge in [0.2, 0.25) is 0 Å². The number of ether oxygens (including phenoxy) is 1. The molecular formula is C26H47N5O2. The first-order chi connectivity index (χ1) is 16.2. The maximum absolute atomic E-state index is 10.2. The van der Waals surface area contributed by atoms with E-state index >= 15 is 0 Å². The van der Waals surface area contributed by atoms with Gasteiger partial charge in [-0.3, -0.25) is 0 Å². The summed E-state index contributed by atoms with van der Waals surface area (Å²) < 4.78 is 7.45. The fraction of sp³-hybridized carbons (Fsp3) is 0.808. The highest BCUT2D eigenvalue weighted by molar-refractivity contribution is 5.81. The van der Waals surface area contributed by atoms with Crippen molar-refractivity contribution in [2.24, 2.45) is 0 Å². The van der Waals surface area contributed by atoms with Crippen LogP contribution >= 0.6 is 0 Å². The second kappa shape index (κ2) is 17.7. The highest BCUT2D eigenvalue weighted by Crippen LogP contribution is 2.15. The Morgan fingerprint density at radius 2 is 1.36 bits per heavy atom. The Morgan fingerprint density at radius 1 is 0.818 bits per heavy atom. The van der Waals surface area contributed by atoms with Gasteiger partial charge in [0.1, 0.15) is 11.8 Å². The number of rotatable bonds is 21. The van der Waals surface area contributed by atoms with E-state index in [0.29, 0.717) is 36.7 Å². The van der Waals surface area contributed by atoms with Gasteiger partial charge in [-0.05, 0) is 6.42 Å². The molecule has 1 atom stereocenters. The molecule has 1 unspecified atom stereocenters. The highest BCUT2D eigenvalue weighted by Gasteiger charge is 2.11. The first-order valence-electron chi connectivity index (χ1n) is 13.4. The molecule has 0 aliphatic heterocycles. The van der Waals surface area contributed by atoms with Crippen molar-refractivity contribution in [2.75, 3.05) is 18.9 Å². The highest BCUT2D eigenvalue weighted by atomic mass is 16.5. The summed E-state index contributed by atoms with van der Waals surface area (Å²) in [4.78, 5) is 12.3. The molecule has 2 heterocycles. The van der Waals surface area contributed by atoms with Gasteiger partial charge in [-0.2, -0.15) is 0 Å². The first kappa shape index (κ1) is 27.5. The van der Waals surface area contributed by atoms with Crippen LogP contribution in [-0.4, -0.2) is 43.9 Å². The van der Waals surface area contributed by atoms with E-state index in [4.69, 9.17) is 10.5 Å². The molecule has 2 rings (SSSR count). The zero-order chi connectivity index (χ0) is 23.6. The molecule has 0 radical (unpaired) electrons. The smallest absolute Gasteiger partial charge is 0.165 e. The van der Waals surface area contributed by atoms with E-state index in [1.165, 1.54) is 103 Å². The van der Waals surface area contributed by atoms with Crippen LogP contribution in [0.5, 0.6) is 0 Å². The molecule has 7 heteroatoms. The van der Waals surface area contributed by atoms with Crippen LogP contribution < -0.4 is 5.73 Å². The summed E-state index contributed by atoms with van der Waals surface area (Å²) in [7, 11) is 0. The lowest BCUT2D eigenvalue weighted by molar-refractivity contribution is 0.0271. The Morgan fingerprint density at radius 3 is 1.94 bits per heavy atom. The number of nitrogen functional groups attached to an aromatic ring is 1. The van der Waals surface area contributed by atoms with Gasteiger partial charge in [0.25, 0.3) is 0 Å². The number of unbranched alkanes of at least 4 members (excludes halogenated alkanes) is 15. The maximum Gasteiger partial charge on any atom is 0.165 e. The van der Waals surface area contributed by atoms with E-state index in [1.54, 1.807) is 10.9 Å². The standard InChI is InChI=1S/C26H47N5O2/c1-2-3-4-5-6-7-8-9-10-11-12-13-14-15-16-17-18-33-20-23(32)19-31-22-30-24-25(27)28-21-29-26(24)31/h21-23,32H,2-20H2,1H3,(H2,27,28,29). The number of imidazole rings is 1. The molecule has 7 nitrogen and oxygen atoms in total. The molecule has 0 spiro atoms. The van der Waals surface area contributed by atoms with Crippen molar-refractivity contribution in [1.29, 1.82) is 0 Å². The van der Waals surface area contributed by atoms with Crippen LogP contribution in [0, 0.1) is 0 Å². The number of fused-ring (bicyclic) bond motifs is 1. The molecule has 33 heavy (non-hydrogen) atoms. The molecule has 0 aliphatic carbocycles. The molecule has 0 aliphatic rings. The van der Waals surface area contributed by atoms with E-state index < -0.39 is 6.10 Å². The lowest BCUT2D eigenvalue weighted by Gasteiger charge is -2.12. The predicted octanol–water partition coefficient (Wildman–Crippen LogP) is 6.05. The number of nitrogens with two attached hydrogens (primary N) is 1. The summed E-state index contributed by atoms with van der Waals surface area (Å²) in [5, 5.41) is 10.2. The largest absolute Gasteiger partial charge is 0.389 e. The van der Waals surface area contributed by atoms with E-state index in [0.717, 1.165) is 6.42 Å². The van der Waals surface area contributed by atoms with E-state index in [1.807, 2.05) is 0 Å². The number of anilines is 1. The maximum atomic E-state index is 10.2. The molecule has 0 saturated carbocycles. The number of aromatic nitrogens is 4. The topological polar surface area (TPSA) is 99.1 Å². The predicted molar refractivity (Wildman–Crippen MR) is 136 cm³/mol. The van der Waals surface area contributed by atoms with Crippen molar-refractivity contribution < 1.29 is 9.84 Å². The fourth-order valence-electron chi connectivity index (χ4n) is 4.28. The minimum absolute atomic E-state index is 0.318.